The lowest BCUT2D eigenvalue weighted by atomic mass is 10.1. The van der Waals surface area contributed by atoms with Gasteiger partial charge in [-0.2, -0.15) is 0 Å². The molecule has 0 saturated heterocycles. The van der Waals surface area contributed by atoms with Gasteiger partial charge in [-0.15, -0.1) is 0 Å². The van der Waals surface area contributed by atoms with Crippen LogP contribution in [0.2, 0.25) is 5.02 Å². The summed E-state index contributed by atoms with van der Waals surface area (Å²) < 4.78 is 39.3. The molecular formula is C27H35ClFN3O4S. The number of halogens is 2. The summed E-state index contributed by atoms with van der Waals surface area (Å²) in [5.74, 6) is -0.913. The molecule has 0 heterocycles. The molecule has 202 valence electrons. The van der Waals surface area contributed by atoms with E-state index in [0.717, 1.165) is 41.8 Å². The Morgan fingerprint density at radius 3 is 2.35 bits per heavy atom. The molecule has 37 heavy (non-hydrogen) atoms. The predicted octanol–water partition coefficient (Wildman–Crippen LogP) is 4.89. The number of hydrogen-bond acceptors (Lipinski definition) is 4. The molecule has 7 nitrogen and oxygen atoms in total. The van der Waals surface area contributed by atoms with Crippen molar-refractivity contribution >= 4 is 39.1 Å². The summed E-state index contributed by atoms with van der Waals surface area (Å²) >= 11 is 6.37. The second kappa shape index (κ2) is 13.2. The van der Waals surface area contributed by atoms with Crippen LogP contribution in [0.4, 0.5) is 10.1 Å². The van der Waals surface area contributed by atoms with Gasteiger partial charge in [-0.05, 0) is 61.6 Å². The van der Waals surface area contributed by atoms with Gasteiger partial charge in [-0.25, -0.2) is 12.8 Å². The zero-order valence-electron chi connectivity index (χ0n) is 21.3. The molecule has 1 fully saturated rings. The van der Waals surface area contributed by atoms with Crippen molar-refractivity contribution in [3.05, 3.63) is 64.9 Å². The molecule has 1 unspecified atom stereocenters. The Labute approximate surface area is 224 Å². The number of carbonyl (C=O) groups is 2. The van der Waals surface area contributed by atoms with Crippen LogP contribution in [0.3, 0.4) is 0 Å². The van der Waals surface area contributed by atoms with Gasteiger partial charge in [-0.3, -0.25) is 13.9 Å². The Morgan fingerprint density at radius 2 is 1.76 bits per heavy atom. The second-order valence-electron chi connectivity index (χ2n) is 9.44. The van der Waals surface area contributed by atoms with Gasteiger partial charge in [0.15, 0.2) is 0 Å². The average Bonchev–Trinajstić information content (AvgIpc) is 3.36. The van der Waals surface area contributed by atoms with Crippen LogP contribution >= 0.6 is 11.6 Å². The van der Waals surface area contributed by atoms with E-state index in [4.69, 9.17) is 11.6 Å². The lowest BCUT2D eigenvalue weighted by Crippen LogP contribution is -2.51. The highest BCUT2D eigenvalue weighted by atomic mass is 35.5. The second-order valence-corrected chi connectivity index (χ2v) is 11.8. The van der Waals surface area contributed by atoms with Gasteiger partial charge in [-0.1, -0.05) is 49.6 Å². The van der Waals surface area contributed by atoms with Crippen molar-refractivity contribution in [3.8, 4) is 0 Å². The molecule has 1 N–H and O–H groups in total. The summed E-state index contributed by atoms with van der Waals surface area (Å²) in [7, 11) is -3.65. The Balaban J connectivity index is 1.76. The molecule has 1 aliphatic rings. The van der Waals surface area contributed by atoms with Gasteiger partial charge in [0.05, 0.1) is 11.9 Å². The summed E-state index contributed by atoms with van der Waals surface area (Å²) in [4.78, 5) is 28.3. The molecule has 3 rings (SSSR count). The van der Waals surface area contributed by atoms with Gasteiger partial charge >= 0.3 is 0 Å². The van der Waals surface area contributed by atoms with Gasteiger partial charge in [0.1, 0.15) is 11.9 Å². The highest BCUT2D eigenvalue weighted by Gasteiger charge is 2.31. The SMILES string of the molecule is CCC(C(=O)NC1CCCC1)N(Cc1ccccc1Cl)C(=O)CCCN(c1ccc(F)cc1)S(C)(=O)=O. The Morgan fingerprint density at radius 1 is 1.11 bits per heavy atom. The maximum Gasteiger partial charge on any atom is 0.243 e. The van der Waals surface area contributed by atoms with E-state index in [1.54, 1.807) is 17.0 Å². The molecule has 0 radical (unpaired) electrons. The fourth-order valence-electron chi connectivity index (χ4n) is 4.71. The number of carbonyl (C=O) groups excluding carboxylic acids is 2. The lowest BCUT2D eigenvalue weighted by Gasteiger charge is -2.32. The van der Waals surface area contributed by atoms with E-state index in [1.807, 2.05) is 19.1 Å². The average molecular weight is 552 g/mol. The largest absolute Gasteiger partial charge is 0.352 e. The Hall–Kier alpha value is -2.65. The Bertz CT molecular complexity index is 1170. The van der Waals surface area contributed by atoms with Crippen LogP contribution < -0.4 is 9.62 Å². The molecule has 0 aromatic heterocycles. The minimum Gasteiger partial charge on any atom is -0.352 e. The van der Waals surface area contributed by atoms with Crippen LogP contribution in [0, 0.1) is 5.82 Å². The van der Waals surface area contributed by atoms with Crippen LogP contribution in [-0.2, 0) is 26.2 Å². The topological polar surface area (TPSA) is 86.8 Å². The molecule has 2 aromatic carbocycles. The zero-order chi connectivity index (χ0) is 27.0. The third kappa shape index (κ3) is 8.17. The fraction of sp³-hybridized carbons (Fsp3) is 0.481. The third-order valence-electron chi connectivity index (χ3n) is 6.65. The van der Waals surface area contributed by atoms with E-state index in [1.165, 1.54) is 24.3 Å². The first-order valence-electron chi connectivity index (χ1n) is 12.7. The molecule has 0 aliphatic heterocycles. The number of benzene rings is 2. The smallest absolute Gasteiger partial charge is 0.243 e. The number of hydrogen-bond donors (Lipinski definition) is 1. The van der Waals surface area contributed by atoms with Gasteiger partial charge in [0.25, 0.3) is 0 Å². The van der Waals surface area contributed by atoms with Crippen molar-refractivity contribution in [1.29, 1.82) is 0 Å². The van der Waals surface area contributed by atoms with Crippen LogP contribution in [-0.4, -0.2) is 50.0 Å². The van der Waals surface area contributed by atoms with Gasteiger partial charge in [0, 0.05) is 30.6 Å². The van der Waals surface area contributed by atoms with E-state index in [9.17, 15) is 22.4 Å². The van der Waals surface area contributed by atoms with E-state index >= 15 is 0 Å². The summed E-state index contributed by atoms with van der Waals surface area (Å²) in [6.45, 7) is 2.08. The van der Waals surface area contributed by atoms with E-state index in [-0.39, 0.29) is 43.8 Å². The van der Waals surface area contributed by atoms with Crippen LogP contribution in [0.15, 0.2) is 48.5 Å². The summed E-state index contributed by atoms with van der Waals surface area (Å²) in [6.07, 6.45) is 5.79. The number of rotatable bonds is 12. The number of nitrogens with zero attached hydrogens (tertiary/aromatic N) is 2. The van der Waals surface area contributed by atoms with Crippen LogP contribution in [0.1, 0.15) is 57.4 Å². The predicted molar refractivity (Wildman–Crippen MR) is 144 cm³/mol. The van der Waals surface area contributed by atoms with Gasteiger partial charge < -0.3 is 10.2 Å². The highest BCUT2D eigenvalue weighted by molar-refractivity contribution is 7.92. The van der Waals surface area contributed by atoms with Crippen molar-refractivity contribution < 1.29 is 22.4 Å². The maximum atomic E-state index is 13.5. The van der Waals surface area contributed by atoms with E-state index in [2.05, 4.69) is 5.32 Å². The molecule has 1 atom stereocenters. The lowest BCUT2D eigenvalue weighted by molar-refractivity contribution is -0.141. The normalized spacial score (nSPS) is 14.8. The molecular weight excluding hydrogens is 517 g/mol. The van der Waals surface area contributed by atoms with Crippen molar-refractivity contribution in [1.82, 2.24) is 10.2 Å². The number of anilines is 1. The zero-order valence-corrected chi connectivity index (χ0v) is 22.9. The molecule has 0 spiro atoms. The standard InChI is InChI=1S/C27H35ClFN3O4S/c1-3-25(27(34)30-22-10-5-6-11-22)31(19-20-9-4-7-12-24(20)28)26(33)13-8-18-32(37(2,35)36)23-16-14-21(29)15-17-23/h4,7,9,12,14-17,22,25H,3,5-6,8,10-11,13,18-19H2,1-2H3,(H,30,34). The molecule has 1 saturated carbocycles. The van der Waals surface area contributed by atoms with Crippen LogP contribution in [0.5, 0.6) is 0 Å². The van der Waals surface area contributed by atoms with Crippen molar-refractivity contribution in [2.45, 2.75) is 70.5 Å². The minimum atomic E-state index is -3.65. The summed E-state index contributed by atoms with van der Waals surface area (Å²) in [6, 6.07) is 11.8. The first-order valence-corrected chi connectivity index (χ1v) is 14.9. The monoisotopic (exact) mass is 551 g/mol. The molecule has 0 bridgehead atoms. The molecule has 2 aromatic rings. The maximum absolute atomic E-state index is 13.5. The number of nitrogens with one attached hydrogen (secondary N) is 1. The van der Waals surface area contributed by atoms with E-state index in [0.29, 0.717) is 17.1 Å². The van der Waals surface area contributed by atoms with Crippen molar-refractivity contribution in [2.75, 3.05) is 17.1 Å². The van der Waals surface area contributed by atoms with Crippen molar-refractivity contribution in [3.63, 3.8) is 0 Å². The van der Waals surface area contributed by atoms with Crippen molar-refractivity contribution in [2.24, 2.45) is 0 Å². The summed E-state index contributed by atoms with van der Waals surface area (Å²) in [5.41, 5.74) is 1.06. The highest BCUT2D eigenvalue weighted by Crippen LogP contribution is 2.23. The molecule has 10 heteroatoms. The number of amides is 2. The van der Waals surface area contributed by atoms with Gasteiger partial charge in [0.2, 0.25) is 21.8 Å². The quantitative estimate of drug-likeness (QED) is 0.407. The molecule has 2 amide bonds. The minimum absolute atomic E-state index is 0.0326. The summed E-state index contributed by atoms with van der Waals surface area (Å²) in [5, 5.41) is 3.61. The van der Waals surface area contributed by atoms with Crippen LogP contribution in [0.25, 0.3) is 0 Å². The first-order chi connectivity index (χ1) is 17.6. The first kappa shape index (κ1) is 28.9. The number of sulfonamides is 1. The Kier molecular flexibility index (Phi) is 10.3. The molecule has 1 aliphatic carbocycles. The fourth-order valence-corrected chi connectivity index (χ4v) is 5.87. The van der Waals surface area contributed by atoms with E-state index < -0.39 is 21.9 Å². The third-order valence-corrected chi connectivity index (χ3v) is 8.22.